The van der Waals surface area contributed by atoms with Gasteiger partial charge in [-0.05, 0) is 19.3 Å². The fraction of sp³-hybridized carbons (Fsp3) is 0.700. The first-order valence-electron chi connectivity index (χ1n) is 4.40. The molecule has 2 atom stereocenters. The average molecular weight is 168 g/mol. The molecule has 2 nitrogen and oxygen atoms in total. The molecule has 1 rings (SSSR count). The molecule has 2 unspecified atom stereocenters. The number of rotatable bonds is 3. The number of hydrogen-bond acceptors (Lipinski definition) is 2. The van der Waals surface area contributed by atoms with Crippen LogP contribution in [0, 0.1) is 11.3 Å². The molecule has 0 spiro atoms. The molecule has 1 aliphatic rings. The fourth-order valence-corrected chi connectivity index (χ4v) is 1.82. The third kappa shape index (κ3) is 1.44. The maximum atomic E-state index is 11.6. The second-order valence-electron chi connectivity index (χ2n) is 3.84. The molecule has 0 heterocycles. The number of aliphatic hydroxyl groups is 1. The zero-order valence-corrected chi connectivity index (χ0v) is 7.55. The Morgan fingerprint density at radius 2 is 2.50 bits per heavy atom. The number of carbonyl (C=O) groups is 1. The molecule has 1 fully saturated rings. The predicted octanol–water partition coefficient (Wildman–Crippen LogP) is 1.54. The van der Waals surface area contributed by atoms with E-state index in [-0.39, 0.29) is 18.3 Å². The summed E-state index contributed by atoms with van der Waals surface area (Å²) in [6.45, 7) is 5.45. The molecule has 0 bridgehead atoms. The van der Waals surface area contributed by atoms with Crippen LogP contribution in [-0.4, -0.2) is 17.5 Å². The summed E-state index contributed by atoms with van der Waals surface area (Å²) in [7, 11) is 0. The van der Waals surface area contributed by atoms with Gasteiger partial charge in [-0.2, -0.15) is 0 Å². The van der Waals surface area contributed by atoms with Gasteiger partial charge in [-0.15, -0.1) is 6.58 Å². The monoisotopic (exact) mass is 168 g/mol. The predicted molar refractivity (Wildman–Crippen MR) is 47.7 cm³/mol. The minimum Gasteiger partial charge on any atom is -0.395 e. The summed E-state index contributed by atoms with van der Waals surface area (Å²) in [5.41, 5.74) is -0.465. The summed E-state index contributed by atoms with van der Waals surface area (Å²) < 4.78 is 0. The Labute approximate surface area is 73.3 Å². The van der Waals surface area contributed by atoms with Crippen LogP contribution in [0.4, 0.5) is 0 Å². The summed E-state index contributed by atoms with van der Waals surface area (Å²) in [6.07, 6.45) is 4.27. The van der Waals surface area contributed by atoms with E-state index in [0.717, 1.165) is 19.3 Å². The molecule has 68 valence electrons. The van der Waals surface area contributed by atoms with E-state index in [0.29, 0.717) is 0 Å². The molecule has 0 aromatic carbocycles. The maximum absolute atomic E-state index is 11.6. The quantitative estimate of drug-likeness (QED) is 0.649. The molecule has 1 N–H and O–H groups in total. The van der Waals surface area contributed by atoms with Gasteiger partial charge in [0.25, 0.3) is 0 Å². The number of allylic oxidation sites excluding steroid dienone is 1. The zero-order valence-electron chi connectivity index (χ0n) is 7.55. The lowest BCUT2D eigenvalue weighted by atomic mass is 9.87. The van der Waals surface area contributed by atoms with Crippen LogP contribution in [-0.2, 0) is 4.79 Å². The van der Waals surface area contributed by atoms with Gasteiger partial charge in [-0.3, -0.25) is 4.79 Å². The first kappa shape index (κ1) is 9.46. The van der Waals surface area contributed by atoms with Crippen LogP contribution in [0.25, 0.3) is 0 Å². The van der Waals surface area contributed by atoms with Gasteiger partial charge in [-0.1, -0.05) is 13.0 Å². The highest BCUT2D eigenvalue weighted by molar-refractivity contribution is 5.88. The van der Waals surface area contributed by atoms with Crippen molar-refractivity contribution in [3.8, 4) is 0 Å². The summed E-state index contributed by atoms with van der Waals surface area (Å²) >= 11 is 0. The molecule has 2 heteroatoms. The lowest BCUT2D eigenvalue weighted by Gasteiger charge is -2.18. The van der Waals surface area contributed by atoms with Crippen molar-refractivity contribution in [1.82, 2.24) is 0 Å². The van der Waals surface area contributed by atoms with Crippen LogP contribution < -0.4 is 0 Å². The molecule has 12 heavy (non-hydrogen) atoms. The van der Waals surface area contributed by atoms with Crippen molar-refractivity contribution in [1.29, 1.82) is 0 Å². The highest BCUT2D eigenvalue weighted by Gasteiger charge is 2.42. The lowest BCUT2D eigenvalue weighted by Crippen LogP contribution is -2.28. The SMILES string of the molecule is C=CCC1CCC(C)(CO)C1=O. The van der Waals surface area contributed by atoms with Gasteiger partial charge in [0.05, 0.1) is 6.61 Å². The molecule has 1 aliphatic carbocycles. The third-order valence-corrected chi connectivity index (χ3v) is 2.81. The topological polar surface area (TPSA) is 37.3 Å². The van der Waals surface area contributed by atoms with Crippen LogP contribution in [0.15, 0.2) is 12.7 Å². The van der Waals surface area contributed by atoms with Crippen molar-refractivity contribution in [3.63, 3.8) is 0 Å². The summed E-state index contributed by atoms with van der Waals surface area (Å²) in [5.74, 6) is 0.324. The Bertz CT molecular complexity index is 198. The molecule has 0 aliphatic heterocycles. The van der Waals surface area contributed by atoms with Gasteiger partial charge in [0.2, 0.25) is 0 Å². The fourth-order valence-electron chi connectivity index (χ4n) is 1.82. The molecule has 0 saturated heterocycles. The van der Waals surface area contributed by atoms with E-state index >= 15 is 0 Å². The Morgan fingerprint density at radius 3 is 2.92 bits per heavy atom. The van der Waals surface area contributed by atoms with E-state index in [1.807, 2.05) is 6.92 Å². The van der Waals surface area contributed by atoms with Gasteiger partial charge in [-0.25, -0.2) is 0 Å². The van der Waals surface area contributed by atoms with Crippen molar-refractivity contribution in [3.05, 3.63) is 12.7 Å². The van der Waals surface area contributed by atoms with Crippen molar-refractivity contribution in [2.24, 2.45) is 11.3 Å². The van der Waals surface area contributed by atoms with Gasteiger partial charge in [0.15, 0.2) is 0 Å². The molecule has 0 amide bonds. The van der Waals surface area contributed by atoms with E-state index < -0.39 is 5.41 Å². The van der Waals surface area contributed by atoms with Gasteiger partial charge < -0.3 is 5.11 Å². The smallest absolute Gasteiger partial charge is 0.144 e. The minimum atomic E-state index is -0.465. The first-order valence-corrected chi connectivity index (χ1v) is 4.40. The van der Waals surface area contributed by atoms with E-state index in [1.54, 1.807) is 6.08 Å². The highest BCUT2D eigenvalue weighted by atomic mass is 16.3. The Hall–Kier alpha value is -0.630. The minimum absolute atomic E-state index is 0.0144. The van der Waals surface area contributed by atoms with Crippen molar-refractivity contribution >= 4 is 5.78 Å². The van der Waals surface area contributed by atoms with Crippen LogP contribution in [0.1, 0.15) is 26.2 Å². The van der Waals surface area contributed by atoms with E-state index in [2.05, 4.69) is 6.58 Å². The van der Waals surface area contributed by atoms with Gasteiger partial charge in [0, 0.05) is 11.3 Å². The zero-order chi connectivity index (χ0) is 9.19. The highest BCUT2D eigenvalue weighted by Crippen LogP contribution is 2.39. The van der Waals surface area contributed by atoms with E-state index in [9.17, 15) is 4.79 Å². The van der Waals surface area contributed by atoms with E-state index in [4.69, 9.17) is 5.11 Å². The maximum Gasteiger partial charge on any atom is 0.144 e. The van der Waals surface area contributed by atoms with Crippen LogP contribution >= 0.6 is 0 Å². The third-order valence-electron chi connectivity index (χ3n) is 2.81. The number of Topliss-reactive ketones (excluding diaryl/α,β-unsaturated/α-hetero) is 1. The second-order valence-corrected chi connectivity index (χ2v) is 3.84. The largest absolute Gasteiger partial charge is 0.395 e. The van der Waals surface area contributed by atoms with Gasteiger partial charge >= 0.3 is 0 Å². The second kappa shape index (κ2) is 3.40. The lowest BCUT2D eigenvalue weighted by molar-refractivity contribution is -0.129. The number of ketones is 1. The number of hydrogen-bond donors (Lipinski definition) is 1. The van der Waals surface area contributed by atoms with Crippen LogP contribution in [0.2, 0.25) is 0 Å². The van der Waals surface area contributed by atoms with Crippen molar-refractivity contribution < 1.29 is 9.90 Å². The molecule has 0 radical (unpaired) electrons. The Morgan fingerprint density at radius 1 is 1.83 bits per heavy atom. The average Bonchev–Trinajstić information content (AvgIpc) is 2.35. The van der Waals surface area contributed by atoms with Crippen molar-refractivity contribution in [2.45, 2.75) is 26.2 Å². The Kier molecular flexibility index (Phi) is 2.68. The normalized spacial score (nSPS) is 35.5. The molecule has 0 aromatic rings. The number of carbonyl (C=O) groups excluding carboxylic acids is 1. The Balaban J connectivity index is 2.66. The summed E-state index contributed by atoms with van der Waals surface area (Å²) in [4.78, 5) is 11.6. The van der Waals surface area contributed by atoms with Gasteiger partial charge in [0.1, 0.15) is 5.78 Å². The molecular formula is C10H16O2. The molecule has 1 saturated carbocycles. The summed E-state index contributed by atoms with van der Waals surface area (Å²) in [6, 6.07) is 0. The van der Waals surface area contributed by atoms with E-state index in [1.165, 1.54) is 0 Å². The molecular weight excluding hydrogens is 152 g/mol. The first-order chi connectivity index (χ1) is 5.64. The van der Waals surface area contributed by atoms with Crippen LogP contribution in [0.5, 0.6) is 0 Å². The van der Waals surface area contributed by atoms with Crippen LogP contribution in [0.3, 0.4) is 0 Å². The molecule has 0 aromatic heterocycles. The summed E-state index contributed by atoms with van der Waals surface area (Å²) in [5, 5.41) is 9.04. The van der Waals surface area contributed by atoms with Crippen molar-refractivity contribution in [2.75, 3.05) is 6.61 Å². The standard InChI is InChI=1S/C10H16O2/c1-3-4-8-5-6-10(2,7-11)9(8)12/h3,8,11H,1,4-7H2,2H3. The number of aliphatic hydroxyl groups excluding tert-OH is 1.